The van der Waals surface area contributed by atoms with Gasteiger partial charge in [0.2, 0.25) is 0 Å². The molecule has 41 heavy (non-hydrogen) atoms. The molecule has 0 fully saturated rings. The Morgan fingerprint density at radius 3 is 1.61 bits per heavy atom. The van der Waals surface area contributed by atoms with Gasteiger partial charge in [0.1, 0.15) is 0 Å². The summed E-state index contributed by atoms with van der Waals surface area (Å²) in [5.74, 6) is -1.10. The van der Waals surface area contributed by atoms with Crippen LogP contribution in [-0.2, 0) is 12.4 Å². The minimum absolute atomic E-state index is 0.0735. The van der Waals surface area contributed by atoms with Gasteiger partial charge in [-0.05, 0) is 30.3 Å². The van der Waals surface area contributed by atoms with Crippen molar-refractivity contribution in [2.24, 2.45) is 5.16 Å². The molecule has 0 aliphatic heterocycles. The molecule has 2 aromatic carbocycles. The van der Waals surface area contributed by atoms with E-state index in [1.165, 1.54) is 18.2 Å². The van der Waals surface area contributed by atoms with E-state index in [4.69, 9.17) is 10.5 Å². The van der Waals surface area contributed by atoms with Gasteiger partial charge in [-0.2, -0.15) is 31.6 Å². The van der Waals surface area contributed by atoms with Crippen molar-refractivity contribution in [2.45, 2.75) is 51.6 Å². The molecule has 0 radical (unpaired) electrons. The first-order valence-electron chi connectivity index (χ1n) is 12.2. The first-order valence-corrected chi connectivity index (χ1v) is 19.6. The number of rotatable bonds is 7. The summed E-state index contributed by atoms with van der Waals surface area (Å²) >= 11 is 0. The van der Waals surface area contributed by atoms with E-state index in [0.29, 0.717) is 18.6 Å². The number of hydrogen-bond acceptors (Lipinski definition) is 5. The molecule has 0 bridgehead atoms. The fraction of sp³-hybridized carbons (Fsp3) is 0.385. The number of carbonyl (C=O) groups excluding carboxylic acids is 2. The summed E-state index contributed by atoms with van der Waals surface area (Å²) in [7, 11) is -3.06. The molecule has 0 saturated heterocycles. The summed E-state index contributed by atoms with van der Waals surface area (Å²) in [6, 6.07) is 7.58. The molecule has 15 heteroatoms. The van der Waals surface area contributed by atoms with Crippen molar-refractivity contribution in [3.63, 3.8) is 0 Å². The maximum atomic E-state index is 12.9. The zero-order valence-electron chi connectivity index (χ0n) is 23.4. The van der Waals surface area contributed by atoms with Crippen molar-refractivity contribution < 1.29 is 41.1 Å². The number of halogens is 6. The van der Waals surface area contributed by atoms with E-state index < -0.39 is 57.0 Å². The number of oxime groups is 1. The molecule has 2 amide bonds. The van der Waals surface area contributed by atoms with Gasteiger partial charge in [-0.25, -0.2) is 0 Å². The van der Waals surface area contributed by atoms with Gasteiger partial charge in [0.05, 0.1) is 45.1 Å². The molecule has 0 atom stereocenters. The number of alkyl halides is 6. The number of amides is 2. The Kier molecular flexibility index (Phi) is 11.9. The predicted octanol–water partition coefficient (Wildman–Crippen LogP) is 6.30. The maximum absolute atomic E-state index is 12.9. The molecule has 0 saturated carbocycles. The quantitative estimate of drug-likeness (QED) is 0.111. The number of nitrogens with one attached hydrogen (secondary N) is 2. The molecule has 7 nitrogen and oxygen atoms in total. The number of carbonyl (C=O) groups is 2. The largest absolute Gasteiger partial charge is 0.417 e. The average molecular weight is 619 g/mol. The van der Waals surface area contributed by atoms with Gasteiger partial charge >= 0.3 is 12.4 Å². The third-order valence-electron chi connectivity index (χ3n) is 5.08. The van der Waals surface area contributed by atoms with Gasteiger partial charge in [0.15, 0.2) is 0 Å². The Balaban J connectivity index is 0.000000410. The summed E-state index contributed by atoms with van der Waals surface area (Å²) in [5.41, 5.74) is -3.04. The van der Waals surface area contributed by atoms with Crippen LogP contribution in [-0.4, -0.2) is 51.7 Å². The summed E-state index contributed by atoms with van der Waals surface area (Å²) in [4.78, 5) is 23.7. The zero-order valence-corrected chi connectivity index (χ0v) is 25.4. The van der Waals surface area contributed by atoms with E-state index >= 15 is 0 Å². The van der Waals surface area contributed by atoms with Gasteiger partial charge in [-0.1, -0.05) is 50.5 Å². The van der Waals surface area contributed by atoms with Crippen molar-refractivity contribution >= 4 is 34.2 Å². The van der Waals surface area contributed by atoms with E-state index in [-0.39, 0.29) is 16.7 Å². The van der Waals surface area contributed by atoms with Crippen LogP contribution in [0.2, 0.25) is 39.3 Å². The molecule has 0 aliphatic carbocycles. The molecule has 0 spiro atoms. The van der Waals surface area contributed by atoms with Crippen molar-refractivity contribution in [1.29, 1.82) is 5.26 Å². The number of hydrogen-bond donors (Lipinski definition) is 3. The highest BCUT2D eigenvalue weighted by atomic mass is 28.3. The van der Waals surface area contributed by atoms with E-state index in [0.717, 1.165) is 24.3 Å². The Morgan fingerprint density at radius 2 is 1.24 bits per heavy atom. The first kappa shape index (κ1) is 35.4. The van der Waals surface area contributed by atoms with Crippen molar-refractivity contribution in [3.05, 3.63) is 69.8 Å². The molecule has 0 heterocycles. The highest BCUT2D eigenvalue weighted by Gasteiger charge is 2.35. The lowest BCUT2D eigenvalue weighted by molar-refractivity contribution is -0.138. The van der Waals surface area contributed by atoms with Crippen LogP contribution in [0.5, 0.6) is 0 Å². The van der Waals surface area contributed by atoms with Crippen LogP contribution >= 0.6 is 0 Å². The topological polar surface area (TPSA) is 115 Å². The van der Waals surface area contributed by atoms with Crippen LogP contribution in [0.3, 0.4) is 0 Å². The highest BCUT2D eigenvalue weighted by Crippen LogP contribution is 2.33. The molecule has 3 N–H and O–H groups in total. The Morgan fingerprint density at radius 1 is 0.829 bits per heavy atom. The van der Waals surface area contributed by atoms with Gasteiger partial charge in [-0.3, -0.25) is 9.59 Å². The molecule has 2 aromatic rings. The molecule has 224 valence electrons. The smallest absolute Gasteiger partial charge is 0.411 e. The minimum Gasteiger partial charge on any atom is -0.411 e. The lowest BCUT2D eigenvalue weighted by atomic mass is 10.0. The van der Waals surface area contributed by atoms with Crippen LogP contribution in [0.4, 0.5) is 26.3 Å². The lowest BCUT2D eigenvalue weighted by Gasteiger charge is -2.17. The number of nitriles is 1. The highest BCUT2D eigenvalue weighted by molar-refractivity contribution is 6.76. The Bertz CT molecular complexity index is 1310. The second kappa shape index (κ2) is 13.8. The molecule has 2 rings (SSSR count). The van der Waals surface area contributed by atoms with Crippen LogP contribution in [0.25, 0.3) is 0 Å². The van der Waals surface area contributed by atoms with E-state index in [2.05, 4.69) is 15.8 Å². The maximum Gasteiger partial charge on any atom is 0.417 e. The zero-order chi connectivity index (χ0) is 31.8. The van der Waals surface area contributed by atoms with Crippen molar-refractivity contribution in [1.82, 2.24) is 10.6 Å². The van der Waals surface area contributed by atoms with Gasteiger partial charge in [0, 0.05) is 29.0 Å². The second-order valence-corrected chi connectivity index (χ2v) is 22.4. The molecule has 0 aromatic heterocycles. The van der Waals surface area contributed by atoms with Gasteiger partial charge in [0.25, 0.3) is 11.8 Å². The van der Waals surface area contributed by atoms with Crippen molar-refractivity contribution in [3.8, 4) is 6.07 Å². The standard InChI is InChI=1S/C13H17F3N2O2Si.C13H15F3N2OSi/c1-21(2,3)8-17-12(19)9-4-5-10(7-18-20)11(6-9)13(14,15)16;1-20(2,3)8-18-12(19)9-4-5-10(7-17)11(6-9)13(14,15)16/h4-7,20H,8H2,1-3H3,(H,17,19);4-6H,8H2,1-3H3,(H,18,19)/b18-7+;. The third kappa shape index (κ3) is 12.2. The Labute approximate surface area is 236 Å². The van der Waals surface area contributed by atoms with E-state index in [1.807, 2.05) is 39.3 Å². The van der Waals surface area contributed by atoms with Crippen molar-refractivity contribution in [2.75, 3.05) is 12.3 Å². The SMILES string of the molecule is C[Si](C)(C)CNC(=O)c1ccc(/C=N/O)c(C(F)(F)F)c1.C[Si](C)(C)CNC(=O)c1ccc(C#N)c(C(F)(F)F)c1. The summed E-state index contributed by atoms with van der Waals surface area (Å²) in [6.07, 6.45) is -7.64. The fourth-order valence-electron chi connectivity index (χ4n) is 3.03. The molecule has 0 unspecified atom stereocenters. The fourth-order valence-corrected chi connectivity index (χ4v) is 4.41. The number of benzene rings is 2. The molecule has 0 aliphatic rings. The first-order chi connectivity index (χ1) is 18.6. The van der Waals surface area contributed by atoms with E-state index in [1.54, 1.807) is 0 Å². The predicted molar refractivity (Wildman–Crippen MR) is 148 cm³/mol. The van der Waals surface area contributed by atoms with Gasteiger partial charge in [-0.15, -0.1) is 0 Å². The summed E-state index contributed by atoms with van der Waals surface area (Å²) in [5, 5.41) is 24.9. The third-order valence-corrected chi connectivity index (χ3v) is 7.56. The summed E-state index contributed by atoms with van der Waals surface area (Å²) < 4.78 is 77.1. The summed E-state index contributed by atoms with van der Waals surface area (Å²) in [6.45, 7) is 12.2. The van der Waals surface area contributed by atoms with E-state index in [9.17, 15) is 35.9 Å². The average Bonchev–Trinajstić information content (AvgIpc) is 2.84. The van der Waals surface area contributed by atoms with Crippen LogP contribution in [0.15, 0.2) is 41.6 Å². The van der Waals surface area contributed by atoms with Gasteiger partial charge < -0.3 is 15.8 Å². The lowest BCUT2D eigenvalue weighted by Crippen LogP contribution is -2.39. The normalized spacial score (nSPS) is 12.3. The Hall–Kier alpha value is -3.65. The monoisotopic (exact) mass is 618 g/mol. The number of nitrogens with zero attached hydrogens (tertiary/aromatic N) is 2. The van der Waals surface area contributed by atoms with Crippen LogP contribution in [0.1, 0.15) is 43.0 Å². The van der Waals surface area contributed by atoms with Crippen LogP contribution < -0.4 is 10.6 Å². The van der Waals surface area contributed by atoms with Crippen LogP contribution in [0, 0.1) is 11.3 Å². The minimum atomic E-state index is -4.65. The second-order valence-electron chi connectivity index (χ2n) is 11.4. The molecular weight excluding hydrogens is 586 g/mol. The molecular formula is C26H32F6N4O3Si2.